The van der Waals surface area contributed by atoms with Crippen LogP contribution >= 0.6 is 0 Å². The first-order valence-corrected chi connectivity index (χ1v) is 13.6. The fraction of sp³-hybridized carbons (Fsp3) is 0.630. The normalized spacial score (nSPS) is 22.0. The van der Waals surface area contributed by atoms with E-state index in [0.29, 0.717) is 64.2 Å². The van der Waals surface area contributed by atoms with Crippen LogP contribution in [0.1, 0.15) is 36.3 Å². The molecule has 38 heavy (non-hydrogen) atoms. The Morgan fingerprint density at radius 1 is 1.13 bits per heavy atom. The Labute approximate surface area is 222 Å². The Bertz CT molecular complexity index is 1160. The molecule has 3 heterocycles. The molecule has 0 radical (unpaired) electrons. The van der Waals surface area contributed by atoms with Crippen LogP contribution in [-0.2, 0) is 20.8 Å². The van der Waals surface area contributed by atoms with Crippen molar-refractivity contribution in [3.8, 4) is 0 Å². The van der Waals surface area contributed by atoms with Gasteiger partial charge in [-0.25, -0.2) is 9.78 Å². The molecule has 2 aromatic rings. The standard InChI is InChI=1S/C27H37N5O6/c1-37-12-4-9-31-23-6-3-2-5-22(23)28-24(31)26(34)32(16-19-7-8-19)21-15-20(17-30(18-21)27(35)36)25(33)29-10-13-38-14-11-29/h2-3,5-6,19-21H,4,7-18H2,1H3,(H,35,36)/t20-,21+/m1/s1. The minimum Gasteiger partial charge on any atom is -0.465 e. The summed E-state index contributed by atoms with van der Waals surface area (Å²) in [4.78, 5) is 49.3. The van der Waals surface area contributed by atoms with Crippen LogP contribution in [0.2, 0.25) is 0 Å². The van der Waals surface area contributed by atoms with Gasteiger partial charge < -0.3 is 33.8 Å². The Kier molecular flexibility index (Phi) is 8.13. The summed E-state index contributed by atoms with van der Waals surface area (Å²) in [5.74, 6) is -0.0292. The first kappa shape index (κ1) is 26.4. The van der Waals surface area contributed by atoms with Crippen LogP contribution in [0.25, 0.3) is 11.0 Å². The number of amides is 3. The number of ether oxygens (including phenoxy) is 2. The summed E-state index contributed by atoms with van der Waals surface area (Å²) >= 11 is 0. The van der Waals surface area contributed by atoms with Crippen molar-refractivity contribution in [1.82, 2.24) is 24.3 Å². The van der Waals surface area contributed by atoms with Crippen molar-refractivity contribution in [3.63, 3.8) is 0 Å². The Balaban J connectivity index is 1.44. The molecule has 3 aliphatic rings. The van der Waals surface area contributed by atoms with Gasteiger partial charge in [-0.05, 0) is 43.7 Å². The minimum absolute atomic E-state index is 0.0603. The smallest absolute Gasteiger partial charge is 0.407 e. The van der Waals surface area contributed by atoms with Gasteiger partial charge in [0, 0.05) is 53.0 Å². The first-order valence-electron chi connectivity index (χ1n) is 13.6. The first-order chi connectivity index (χ1) is 18.5. The third kappa shape index (κ3) is 5.78. The van der Waals surface area contributed by atoms with Crippen LogP contribution in [0.15, 0.2) is 24.3 Å². The number of likely N-dealkylation sites (tertiary alicyclic amines) is 1. The number of imidazole rings is 1. The number of hydrogen-bond donors (Lipinski definition) is 1. The molecule has 2 saturated heterocycles. The van der Waals surface area contributed by atoms with Gasteiger partial charge in [-0.1, -0.05) is 12.1 Å². The second-order valence-corrected chi connectivity index (χ2v) is 10.5. The van der Waals surface area contributed by atoms with E-state index < -0.39 is 18.1 Å². The number of para-hydroxylation sites is 2. The van der Waals surface area contributed by atoms with E-state index in [2.05, 4.69) is 0 Å². The Morgan fingerprint density at radius 2 is 1.89 bits per heavy atom. The fourth-order valence-corrected chi connectivity index (χ4v) is 5.61. The number of aromatic nitrogens is 2. The van der Waals surface area contributed by atoms with E-state index in [1.54, 1.807) is 16.9 Å². The van der Waals surface area contributed by atoms with Crippen LogP contribution in [0.5, 0.6) is 0 Å². The maximum Gasteiger partial charge on any atom is 0.407 e. The van der Waals surface area contributed by atoms with Crippen molar-refractivity contribution in [2.75, 3.05) is 59.7 Å². The summed E-state index contributed by atoms with van der Waals surface area (Å²) in [5.41, 5.74) is 1.63. The van der Waals surface area contributed by atoms with E-state index in [0.717, 1.165) is 30.3 Å². The molecule has 1 aliphatic carbocycles. The van der Waals surface area contributed by atoms with E-state index in [9.17, 15) is 19.5 Å². The lowest BCUT2D eigenvalue weighted by Crippen LogP contribution is -2.58. The number of morpholine rings is 1. The van der Waals surface area contributed by atoms with Gasteiger partial charge in [0.2, 0.25) is 5.91 Å². The van der Waals surface area contributed by atoms with E-state index in [1.165, 1.54) is 4.90 Å². The van der Waals surface area contributed by atoms with Crippen LogP contribution in [0, 0.1) is 11.8 Å². The highest BCUT2D eigenvalue weighted by molar-refractivity contribution is 5.95. The quantitative estimate of drug-likeness (QED) is 0.497. The van der Waals surface area contributed by atoms with Gasteiger partial charge in [-0.15, -0.1) is 0 Å². The number of nitrogens with zero attached hydrogens (tertiary/aromatic N) is 5. The lowest BCUT2D eigenvalue weighted by atomic mass is 9.91. The summed E-state index contributed by atoms with van der Waals surface area (Å²) in [6.07, 6.45) is 2.17. The topological polar surface area (TPSA) is 117 Å². The Morgan fingerprint density at radius 3 is 2.61 bits per heavy atom. The summed E-state index contributed by atoms with van der Waals surface area (Å²) in [7, 11) is 1.65. The summed E-state index contributed by atoms with van der Waals surface area (Å²) in [6.45, 7) is 3.98. The molecule has 0 bridgehead atoms. The SMILES string of the molecule is COCCCn1c(C(=O)N(CC2CC2)[C@H]2C[C@@H](C(=O)N3CCOCC3)CN(C(=O)O)C2)nc2ccccc21. The van der Waals surface area contributed by atoms with E-state index >= 15 is 0 Å². The molecule has 2 atom stereocenters. The zero-order valence-corrected chi connectivity index (χ0v) is 22.0. The highest BCUT2D eigenvalue weighted by atomic mass is 16.5. The van der Waals surface area contributed by atoms with Crippen molar-refractivity contribution in [2.24, 2.45) is 11.8 Å². The van der Waals surface area contributed by atoms with Crippen molar-refractivity contribution in [1.29, 1.82) is 0 Å². The van der Waals surface area contributed by atoms with E-state index in [1.807, 2.05) is 28.8 Å². The third-order valence-corrected chi connectivity index (χ3v) is 7.80. The maximum atomic E-state index is 14.2. The van der Waals surface area contributed by atoms with Crippen LogP contribution in [0.4, 0.5) is 4.79 Å². The average molecular weight is 528 g/mol. The monoisotopic (exact) mass is 527 g/mol. The molecule has 206 valence electrons. The zero-order chi connectivity index (χ0) is 26.6. The number of benzene rings is 1. The van der Waals surface area contributed by atoms with Gasteiger partial charge >= 0.3 is 6.09 Å². The molecule has 1 N–H and O–H groups in total. The number of fused-ring (bicyclic) bond motifs is 1. The molecule has 11 heteroatoms. The molecule has 3 amide bonds. The van der Waals surface area contributed by atoms with Gasteiger partial charge in [0.05, 0.1) is 36.2 Å². The number of carbonyl (C=O) groups excluding carboxylic acids is 2. The molecule has 0 spiro atoms. The molecule has 2 aliphatic heterocycles. The molecular formula is C27H37N5O6. The highest BCUT2D eigenvalue weighted by Crippen LogP contribution is 2.33. The number of carboxylic acid groups (broad SMARTS) is 1. The number of methoxy groups -OCH3 is 1. The molecule has 1 saturated carbocycles. The van der Waals surface area contributed by atoms with Gasteiger partial charge in [0.1, 0.15) is 0 Å². The Hall–Kier alpha value is -3.18. The van der Waals surface area contributed by atoms with Crippen LogP contribution in [0.3, 0.4) is 0 Å². The van der Waals surface area contributed by atoms with Crippen molar-refractivity contribution >= 4 is 28.9 Å². The number of aryl methyl sites for hydroxylation is 1. The van der Waals surface area contributed by atoms with Gasteiger partial charge in [0.25, 0.3) is 5.91 Å². The zero-order valence-electron chi connectivity index (χ0n) is 22.0. The number of piperidine rings is 1. The second-order valence-electron chi connectivity index (χ2n) is 10.5. The average Bonchev–Trinajstić information content (AvgIpc) is 3.70. The van der Waals surface area contributed by atoms with Gasteiger partial charge in [-0.2, -0.15) is 0 Å². The van der Waals surface area contributed by atoms with Gasteiger partial charge in [0.15, 0.2) is 5.82 Å². The molecule has 5 rings (SSSR count). The van der Waals surface area contributed by atoms with Crippen molar-refractivity contribution in [3.05, 3.63) is 30.1 Å². The lowest BCUT2D eigenvalue weighted by molar-refractivity contribution is -0.142. The highest BCUT2D eigenvalue weighted by Gasteiger charge is 2.42. The largest absolute Gasteiger partial charge is 0.465 e. The van der Waals surface area contributed by atoms with Crippen molar-refractivity contribution < 1.29 is 29.0 Å². The predicted molar refractivity (Wildman–Crippen MR) is 139 cm³/mol. The summed E-state index contributed by atoms with van der Waals surface area (Å²) in [6, 6.07) is 7.28. The fourth-order valence-electron chi connectivity index (χ4n) is 5.61. The number of rotatable bonds is 9. The van der Waals surface area contributed by atoms with Crippen LogP contribution in [-0.4, -0.2) is 113 Å². The predicted octanol–water partition coefficient (Wildman–Crippen LogP) is 2.15. The summed E-state index contributed by atoms with van der Waals surface area (Å²) in [5, 5.41) is 9.91. The summed E-state index contributed by atoms with van der Waals surface area (Å²) < 4.78 is 12.6. The second kappa shape index (κ2) is 11.7. The minimum atomic E-state index is -1.07. The molecule has 3 fully saturated rings. The molecule has 11 nitrogen and oxygen atoms in total. The van der Waals surface area contributed by atoms with E-state index in [4.69, 9.17) is 14.5 Å². The number of carbonyl (C=O) groups is 3. The van der Waals surface area contributed by atoms with Crippen LogP contribution < -0.4 is 0 Å². The van der Waals surface area contributed by atoms with Gasteiger partial charge in [-0.3, -0.25) is 9.59 Å². The molecule has 0 unspecified atom stereocenters. The van der Waals surface area contributed by atoms with E-state index in [-0.39, 0.29) is 24.9 Å². The molecule has 1 aromatic heterocycles. The lowest BCUT2D eigenvalue weighted by Gasteiger charge is -2.42. The molecule has 1 aromatic carbocycles. The number of hydrogen-bond acceptors (Lipinski definition) is 6. The molecular weight excluding hydrogens is 490 g/mol. The van der Waals surface area contributed by atoms with Crippen molar-refractivity contribution in [2.45, 2.75) is 38.3 Å². The maximum absolute atomic E-state index is 14.2. The third-order valence-electron chi connectivity index (χ3n) is 7.80.